The van der Waals surface area contributed by atoms with Crippen LogP contribution in [0, 0.1) is 0 Å². The minimum Gasteiger partial charge on any atom is -0.477 e. The number of likely N-dealkylation sites (tertiary alicyclic amines) is 1. The third kappa shape index (κ3) is 4.45. The van der Waals surface area contributed by atoms with Gasteiger partial charge in [-0.1, -0.05) is 42.5 Å². The molecule has 0 saturated carbocycles. The van der Waals surface area contributed by atoms with Gasteiger partial charge in [0.25, 0.3) is 5.91 Å². The number of hydrogen-bond donors (Lipinski definition) is 1. The summed E-state index contributed by atoms with van der Waals surface area (Å²) in [6.45, 7) is 1.23. The van der Waals surface area contributed by atoms with Gasteiger partial charge in [-0.15, -0.1) is 0 Å². The Morgan fingerprint density at radius 2 is 1.83 bits per heavy atom. The van der Waals surface area contributed by atoms with E-state index in [0.29, 0.717) is 30.9 Å². The predicted molar refractivity (Wildman–Crippen MR) is 112 cm³/mol. The first kappa shape index (κ1) is 19.9. The average Bonchev–Trinajstić information content (AvgIpc) is 3.17. The van der Waals surface area contributed by atoms with Crippen molar-refractivity contribution in [1.29, 1.82) is 0 Å². The second-order valence-corrected chi connectivity index (χ2v) is 7.52. The van der Waals surface area contributed by atoms with E-state index in [1.165, 1.54) is 0 Å². The second kappa shape index (κ2) is 8.98. The van der Waals surface area contributed by atoms with E-state index in [1.807, 2.05) is 36.4 Å². The molecule has 1 saturated heterocycles. The minimum absolute atomic E-state index is 0.0000922. The number of carbonyl (C=O) groups is 3. The summed E-state index contributed by atoms with van der Waals surface area (Å²) in [7, 11) is 0. The normalized spacial score (nSPS) is 18.0. The summed E-state index contributed by atoms with van der Waals surface area (Å²) >= 11 is 0. The first-order valence-corrected chi connectivity index (χ1v) is 10.3. The third-order valence-corrected chi connectivity index (χ3v) is 5.42. The summed E-state index contributed by atoms with van der Waals surface area (Å²) in [5, 5.41) is 2.90. The molecular weight excluding hydrogens is 382 g/mol. The van der Waals surface area contributed by atoms with Crippen LogP contribution in [0.15, 0.2) is 54.6 Å². The van der Waals surface area contributed by atoms with E-state index < -0.39 is 6.10 Å². The molecule has 3 amide bonds. The lowest BCUT2D eigenvalue weighted by Crippen LogP contribution is -2.52. The average molecular weight is 407 g/mol. The van der Waals surface area contributed by atoms with Crippen LogP contribution in [0.25, 0.3) is 0 Å². The molecule has 7 heteroatoms. The fourth-order valence-electron chi connectivity index (χ4n) is 3.82. The number of nitrogens with zero attached hydrogens (tertiary/aromatic N) is 2. The van der Waals surface area contributed by atoms with Crippen molar-refractivity contribution >= 4 is 23.4 Å². The van der Waals surface area contributed by atoms with Gasteiger partial charge < -0.3 is 19.9 Å². The Bertz CT molecular complexity index is 931. The van der Waals surface area contributed by atoms with Crippen molar-refractivity contribution in [3.63, 3.8) is 0 Å². The SMILES string of the molecule is O=C(NCCc1ccccc1)[C@H]1CN(C(=O)CN2CCCC2=O)c2ccccc2O1. The summed E-state index contributed by atoms with van der Waals surface area (Å²) in [5.41, 5.74) is 1.77. The third-order valence-electron chi connectivity index (χ3n) is 5.42. The fourth-order valence-corrected chi connectivity index (χ4v) is 3.82. The van der Waals surface area contributed by atoms with Crippen molar-refractivity contribution in [2.75, 3.05) is 31.1 Å². The molecule has 2 aliphatic rings. The number of benzene rings is 2. The maximum Gasteiger partial charge on any atom is 0.262 e. The molecule has 1 N–H and O–H groups in total. The van der Waals surface area contributed by atoms with Gasteiger partial charge in [0.15, 0.2) is 6.10 Å². The number of fused-ring (bicyclic) bond motifs is 1. The summed E-state index contributed by atoms with van der Waals surface area (Å²) in [6.07, 6.45) is 1.18. The van der Waals surface area contributed by atoms with Gasteiger partial charge in [-0.25, -0.2) is 0 Å². The van der Waals surface area contributed by atoms with Crippen LogP contribution in [0.5, 0.6) is 5.75 Å². The quantitative estimate of drug-likeness (QED) is 0.792. The van der Waals surface area contributed by atoms with Gasteiger partial charge >= 0.3 is 0 Å². The van der Waals surface area contributed by atoms with Crippen LogP contribution in [0.4, 0.5) is 5.69 Å². The molecule has 1 fully saturated rings. The lowest BCUT2D eigenvalue weighted by Gasteiger charge is -2.35. The van der Waals surface area contributed by atoms with E-state index in [1.54, 1.807) is 28.0 Å². The summed E-state index contributed by atoms with van der Waals surface area (Å²) in [4.78, 5) is 40.8. The van der Waals surface area contributed by atoms with Crippen molar-refractivity contribution in [1.82, 2.24) is 10.2 Å². The van der Waals surface area contributed by atoms with Crippen LogP contribution in [-0.2, 0) is 20.8 Å². The number of carbonyl (C=O) groups excluding carboxylic acids is 3. The van der Waals surface area contributed by atoms with Crippen LogP contribution in [0.3, 0.4) is 0 Å². The molecule has 7 nitrogen and oxygen atoms in total. The van der Waals surface area contributed by atoms with Crippen LogP contribution < -0.4 is 15.0 Å². The zero-order chi connectivity index (χ0) is 20.9. The van der Waals surface area contributed by atoms with E-state index in [9.17, 15) is 14.4 Å². The molecular formula is C23H25N3O4. The van der Waals surface area contributed by atoms with Crippen molar-refractivity contribution in [2.45, 2.75) is 25.4 Å². The molecule has 2 aliphatic heterocycles. The Morgan fingerprint density at radius 1 is 1.07 bits per heavy atom. The number of hydrogen-bond acceptors (Lipinski definition) is 4. The predicted octanol–water partition coefficient (Wildman–Crippen LogP) is 1.76. The maximum atomic E-state index is 13.0. The molecule has 156 valence electrons. The number of ether oxygens (including phenoxy) is 1. The minimum atomic E-state index is -0.797. The van der Waals surface area contributed by atoms with Crippen LogP contribution in [0.2, 0.25) is 0 Å². The Kier molecular flexibility index (Phi) is 5.97. The molecule has 0 bridgehead atoms. The summed E-state index contributed by atoms with van der Waals surface area (Å²) in [5.74, 6) is 0.0340. The molecule has 30 heavy (non-hydrogen) atoms. The molecule has 0 aliphatic carbocycles. The van der Waals surface area contributed by atoms with E-state index >= 15 is 0 Å². The zero-order valence-electron chi connectivity index (χ0n) is 16.8. The van der Waals surface area contributed by atoms with E-state index in [0.717, 1.165) is 18.4 Å². The van der Waals surface area contributed by atoms with Crippen LogP contribution in [0.1, 0.15) is 18.4 Å². The monoisotopic (exact) mass is 407 g/mol. The van der Waals surface area contributed by atoms with Gasteiger partial charge in [0.05, 0.1) is 12.2 Å². The topological polar surface area (TPSA) is 79.0 Å². The van der Waals surface area contributed by atoms with Gasteiger partial charge in [-0.3, -0.25) is 14.4 Å². The zero-order valence-corrected chi connectivity index (χ0v) is 16.8. The van der Waals surface area contributed by atoms with Crippen molar-refractivity contribution in [2.24, 2.45) is 0 Å². The van der Waals surface area contributed by atoms with Gasteiger partial charge in [0.1, 0.15) is 12.3 Å². The Hall–Kier alpha value is -3.35. The Labute approximate surface area is 175 Å². The van der Waals surface area contributed by atoms with Gasteiger partial charge in [-0.05, 0) is 30.5 Å². The molecule has 2 aromatic carbocycles. The number of amides is 3. The van der Waals surface area contributed by atoms with Crippen LogP contribution >= 0.6 is 0 Å². The van der Waals surface area contributed by atoms with Gasteiger partial charge in [-0.2, -0.15) is 0 Å². The fraction of sp³-hybridized carbons (Fsp3) is 0.348. The first-order valence-electron chi connectivity index (χ1n) is 10.3. The standard InChI is InChI=1S/C23H25N3O4/c27-21-11-6-14-25(21)16-22(28)26-15-20(30-19-10-5-4-9-18(19)26)23(29)24-13-12-17-7-2-1-3-8-17/h1-5,7-10,20H,6,11-16H2,(H,24,29)/t20-/m1/s1. The Balaban J connectivity index is 1.42. The number of rotatable bonds is 6. The molecule has 4 rings (SSSR count). The van der Waals surface area contributed by atoms with Crippen molar-refractivity contribution in [3.8, 4) is 5.75 Å². The molecule has 1 atom stereocenters. The van der Waals surface area contributed by atoms with Gasteiger partial charge in [0.2, 0.25) is 11.8 Å². The lowest BCUT2D eigenvalue weighted by molar-refractivity contribution is -0.133. The number of nitrogens with one attached hydrogen (secondary N) is 1. The second-order valence-electron chi connectivity index (χ2n) is 7.52. The smallest absolute Gasteiger partial charge is 0.262 e. The van der Waals surface area contributed by atoms with Crippen LogP contribution in [-0.4, -0.2) is 54.9 Å². The number of para-hydroxylation sites is 2. The largest absolute Gasteiger partial charge is 0.477 e. The molecule has 0 aromatic heterocycles. The Morgan fingerprint density at radius 3 is 2.60 bits per heavy atom. The summed E-state index contributed by atoms with van der Waals surface area (Å²) < 4.78 is 5.88. The van der Waals surface area contributed by atoms with E-state index in [-0.39, 0.29) is 30.8 Å². The highest BCUT2D eigenvalue weighted by Gasteiger charge is 2.35. The molecule has 0 radical (unpaired) electrons. The van der Waals surface area contributed by atoms with Crippen molar-refractivity contribution in [3.05, 3.63) is 60.2 Å². The number of anilines is 1. The van der Waals surface area contributed by atoms with Crippen molar-refractivity contribution < 1.29 is 19.1 Å². The summed E-state index contributed by atoms with van der Waals surface area (Å²) in [6, 6.07) is 17.1. The maximum absolute atomic E-state index is 13.0. The highest BCUT2D eigenvalue weighted by Crippen LogP contribution is 2.33. The molecule has 2 aromatic rings. The molecule has 0 unspecified atom stereocenters. The molecule has 0 spiro atoms. The highest BCUT2D eigenvalue weighted by molar-refractivity contribution is 6.00. The molecule has 2 heterocycles. The highest BCUT2D eigenvalue weighted by atomic mass is 16.5. The lowest BCUT2D eigenvalue weighted by atomic mass is 10.1. The first-order chi connectivity index (χ1) is 14.6. The van der Waals surface area contributed by atoms with E-state index in [2.05, 4.69) is 5.32 Å². The van der Waals surface area contributed by atoms with E-state index in [4.69, 9.17) is 4.74 Å². The van der Waals surface area contributed by atoms with Gasteiger partial charge in [0, 0.05) is 19.5 Å².